The predicted molar refractivity (Wildman–Crippen MR) is 105 cm³/mol. The lowest BCUT2D eigenvalue weighted by atomic mass is 9.94. The number of rotatable bonds is 6. The third kappa shape index (κ3) is 4.05. The van der Waals surface area contributed by atoms with E-state index in [2.05, 4.69) is 26.9 Å². The Morgan fingerprint density at radius 3 is 2.65 bits per heavy atom. The SMILES string of the molecule is COc1ccc(C(c2ccc(Br)s2)N2CCCC(C(=O)O)C2)cc1OC. The summed E-state index contributed by atoms with van der Waals surface area (Å²) >= 11 is 5.22. The molecule has 1 saturated heterocycles. The van der Waals surface area contributed by atoms with Crippen molar-refractivity contribution in [2.24, 2.45) is 5.92 Å². The third-order valence-corrected chi connectivity index (χ3v) is 6.43. The first-order valence-corrected chi connectivity index (χ1v) is 10.1. The lowest BCUT2D eigenvalue weighted by Gasteiger charge is -2.37. The van der Waals surface area contributed by atoms with Gasteiger partial charge in [-0.2, -0.15) is 0 Å². The smallest absolute Gasteiger partial charge is 0.307 e. The first kappa shape index (κ1) is 19.2. The lowest BCUT2D eigenvalue weighted by molar-refractivity contribution is -0.143. The molecule has 2 heterocycles. The van der Waals surface area contributed by atoms with Crippen LogP contribution < -0.4 is 9.47 Å². The van der Waals surface area contributed by atoms with Crippen molar-refractivity contribution < 1.29 is 19.4 Å². The molecule has 140 valence electrons. The molecule has 0 amide bonds. The Morgan fingerprint density at radius 2 is 2.04 bits per heavy atom. The van der Waals surface area contributed by atoms with E-state index in [-0.39, 0.29) is 12.0 Å². The highest BCUT2D eigenvalue weighted by Gasteiger charge is 2.32. The molecule has 26 heavy (non-hydrogen) atoms. The van der Waals surface area contributed by atoms with E-state index in [1.807, 2.05) is 24.3 Å². The first-order chi connectivity index (χ1) is 12.5. The quantitative estimate of drug-likeness (QED) is 0.721. The summed E-state index contributed by atoms with van der Waals surface area (Å²) in [5, 5.41) is 9.47. The lowest BCUT2D eigenvalue weighted by Crippen LogP contribution is -2.41. The summed E-state index contributed by atoms with van der Waals surface area (Å²) in [5.41, 5.74) is 1.07. The van der Waals surface area contributed by atoms with Crippen LogP contribution in [0.1, 0.15) is 29.3 Å². The van der Waals surface area contributed by atoms with Crippen LogP contribution >= 0.6 is 27.3 Å². The molecule has 2 atom stereocenters. The maximum absolute atomic E-state index is 11.5. The van der Waals surface area contributed by atoms with Crippen LogP contribution in [0.15, 0.2) is 34.1 Å². The summed E-state index contributed by atoms with van der Waals surface area (Å²) in [6.07, 6.45) is 1.62. The number of nitrogens with zero attached hydrogens (tertiary/aromatic N) is 1. The van der Waals surface area contributed by atoms with Crippen LogP contribution in [-0.2, 0) is 4.79 Å². The fourth-order valence-electron chi connectivity index (χ4n) is 3.50. The minimum absolute atomic E-state index is 0.00624. The topological polar surface area (TPSA) is 59.0 Å². The number of hydrogen-bond acceptors (Lipinski definition) is 5. The van der Waals surface area contributed by atoms with Gasteiger partial charge in [-0.1, -0.05) is 6.07 Å². The van der Waals surface area contributed by atoms with Crippen LogP contribution in [0.5, 0.6) is 11.5 Å². The maximum Gasteiger partial charge on any atom is 0.307 e. The second-order valence-electron chi connectivity index (χ2n) is 6.33. The Hall–Kier alpha value is -1.57. The van der Waals surface area contributed by atoms with Gasteiger partial charge in [0.15, 0.2) is 11.5 Å². The summed E-state index contributed by atoms with van der Waals surface area (Å²) < 4.78 is 11.9. The minimum atomic E-state index is -0.715. The number of carboxylic acids is 1. The molecule has 0 radical (unpaired) electrons. The van der Waals surface area contributed by atoms with Crippen molar-refractivity contribution >= 4 is 33.2 Å². The zero-order chi connectivity index (χ0) is 18.7. The normalized spacial score (nSPS) is 19.1. The zero-order valence-corrected chi connectivity index (χ0v) is 17.2. The Bertz CT molecular complexity index is 779. The number of piperidine rings is 1. The Balaban J connectivity index is 2.00. The van der Waals surface area contributed by atoms with Crippen molar-refractivity contribution in [3.8, 4) is 11.5 Å². The van der Waals surface area contributed by atoms with Crippen molar-refractivity contribution in [1.29, 1.82) is 0 Å². The molecule has 0 saturated carbocycles. The summed E-state index contributed by atoms with van der Waals surface area (Å²) in [4.78, 5) is 15.0. The van der Waals surface area contributed by atoms with Gasteiger partial charge in [-0.25, -0.2) is 0 Å². The van der Waals surface area contributed by atoms with Gasteiger partial charge in [-0.15, -0.1) is 11.3 Å². The number of benzene rings is 1. The molecule has 5 nitrogen and oxygen atoms in total. The standard InChI is InChI=1S/C19H22BrNO4S/c1-24-14-6-5-12(10-15(14)25-2)18(16-7-8-17(20)26-16)21-9-3-4-13(11-21)19(22)23/h5-8,10,13,18H,3-4,9,11H2,1-2H3,(H,22,23). The summed E-state index contributed by atoms with van der Waals surface area (Å²) in [5.74, 6) is 0.324. The molecule has 1 aliphatic rings. The second kappa shape index (κ2) is 8.41. The number of ether oxygens (including phenoxy) is 2. The van der Waals surface area contributed by atoms with Crippen molar-refractivity contribution in [3.05, 3.63) is 44.6 Å². The molecule has 1 N–H and O–H groups in total. The maximum atomic E-state index is 11.5. The summed E-state index contributed by atoms with van der Waals surface area (Å²) in [6, 6.07) is 10.1. The average Bonchev–Trinajstić information content (AvgIpc) is 3.07. The van der Waals surface area contributed by atoms with Gasteiger partial charge in [0.1, 0.15) is 0 Å². The van der Waals surface area contributed by atoms with E-state index in [0.717, 1.165) is 28.7 Å². The van der Waals surface area contributed by atoms with Crippen molar-refractivity contribution in [2.75, 3.05) is 27.3 Å². The van der Waals surface area contributed by atoms with Gasteiger partial charge in [0.25, 0.3) is 0 Å². The van der Waals surface area contributed by atoms with Crippen LogP contribution in [0, 0.1) is 5.92 Å². The molecule has 3 rings (SSSR count). The molecule has 7 heteroatoms. The Kier molecular flexibility index (Phi) is 6.21. The van der Waals surface area contributed by atoms with Crippen LogP contribution in [-0.4, -0.2) is 43.3 Å². The van der Waals surface area contributed by atoms with Gasteiger partial charge in [0.2, 0.25) is 0 Å². The number of thiophene rings is 1. The fourth-order valence-corrected chi connectivity index (χ4v) is 5.08. The third-order valence-electron chi connectivity index (χ3n) is 4.75. The van der Waals surface area contributed by atoms with E-state index in [1.165, 1.54) is 4.88 Å². The van der Waals surface area contributed by atoms with Crippen molar-refractivity contribution in [1.82, 2.24) is 4.90 Å². The number of methoxy groups -OCH3 is 2. The van der Waals surface area contributed by atoms with Crippen LogP contribution in [0.25, 0.3) is 0 Å². The van der Waals surface area contributed by atoms with E-state index < -0.39 is 5.97 Å². The van der Waals surface area contributed by atoms with Crippen molar-refractivity contribution in [2.45, 2.75) is 18.9 Å². The molecule has 1 aliphatic heterocycles. The molecule has 2 aromatic rings. The van der Waals surface area contributed by atoms with Gasteiger partial charge >= 0.3 is 5.97 Å². The Labute approximate surface area is 165 Å². The molecule has 0 aliphatic carbocycles. The van der Waals surface area contributed by atoms with Crippen LogP contribution in [0.2, 0.25) is 0 Å². The first-order valence-electron chi connectivity index (χ1n) is 8.47. The minimum Gasteiger partial charge on any atom is -0.493 e. The molecule has 0 spiro atoms. The van der Waals surface area contributed by atoms with Crippen molar-refractivity contribution in [3.63, 3.8) is 0 Å². The number of aliphatic carboxylic acids is 1. The monoisotopic (exact) mass is 439 g/mol. The highest BCUT2D eigenvalue weighted by Crippen LogP contribution is 2.40. The molecule has 1 aromatic heterocycles. The molecular formula is C19H22BrNO4S. The number of carbonyl (C=O) groups is 1. The van der Waals surface area contributed by atoms with E-state index in [4.69, 9.17) is 9.47 Å². The van der Waals surface area contributed by atoms with E-state index in [0.29, 0.717) is 18.0 Å². The van der Waals surface area contributed by atoms with E-state index in [9.17, 15) is 9.90 Å². The molecular weight excluding hydrogens is 418 g/mol. The number of hydrogen-bond donors (Lipinski definition) is 1. The predicted octanol–water partition coefficient (Wildman–Crippen LogP) is 4.41. The number of likely N-dealkylation sites (tertiary alicyclic amines) is 1. The van der Waals surface area contributed by atoms with Gasteiger partial charge < -0.3 is 14.6 Å². The summed E-state index contributed by atoms with van der Waals surface area (Å²) in [7, 11) is 3.24. The van der Waals surface area contributed by atoms with Gasteiger partial charge in [-0.3, -0.25) is 9.69 Å². The number of halogens is 1. The Morgan fingerprint density at radius 1 is 1.27 bits per heavy atom. The molecule has 1 fully saturated rings. The van der Waals surface area contributed by atoms with E-state index in [1.54, 1.807) is 25.6 Å². The summed E-state index contributed by atoms with van der Waals surface area (Å²) in [6.45, 7) is 1.42. The van der Waals surface area contributed by atoms with Crippen LogP contribution in [0.3, 0.4) is 0 Å². The van der Waals surface area contributed by atoms with Crippen LogP contribution in [0.4, 0.5) is 0 Å². The molecule has 2 unspecified atom stereocenters. The number of carboxylic acid groups (broad SMARTS) is 1. The van der Waals surface area contributed by atoms with Gasteiger partial charge in [0.05, 0.1) is 30.0 Å². The highest BCUT2D eigenvalue weighted by molar-refractivity contribution is 9.11. The largest absolute Gasteiger partial charge is 0.493 e. The molecule has 1 aromatic carbocycles. The average molecular weight is 440 g/mol. The second-order valence-corrected chi connectivity index (χ2v) is 8.83. The van der Waals surface area contributed by atoms with Gasteiger partial charge in [0, 0.05) is 11.4 Å². The zero-order valence-electron chi connectivity index (χ0n) is 14.8. The highest BCUT2D eigenvalue weighted by atomic mass is 79.9. The van der Waals surface area contributed by atoms with E-state index >= 15 is 0 Å². The molecule has 0 bridgehead atoms. The fraction of sp³-hybridized carbons (Fsp3) is 0.421. The van der Waals surface area contributed by atoms with Gasteiger partial charge in [-0.05, 0) is 65.1 Å².